The largest absolute Gasteiger partial charge is 0.462 e. The molecule has 0 spiro atoms. The Kier molecular flexibility index (Phi) is 4.81. The summed E-state index contributed by atoms with van der Waals surface area (Å²) in [4.78, 5) is 21.0. The summed E-state index contributed by atoms with van der Waals surface area (Å²) in [5.74, 6) is -1.12. The second-order valence-electron chi connectivity index (χ2n) is 7.62. The highest BCUT2D eigenvalue weighted by atomic mass is 35.5. The van der Waals surface area contributed by atoms with Gasteiger partial charge in [-0.25, -0.2) is 13.8 Å². The van der Waals surface area contributed by atoms with Crippen LogP contribution < -0.4 is 5.73 Å². The molecule has 2 N–H and O–H groups in total. The first-order chi connectivity index (χ1) is 13.7. The van der Waals surface area contributed by atoms with Crippen molar-refractivity contribution in [1.82, 2.24) is 4.98 Å². The van der Waals surface area contributed by atoms with Crippen LogP contribution in [-0.2, 0) is 16.7 Å². The molecule has 1 aromatic carbocycles. The summed E-state index contributed by atoms with van der Waals surface area (Å²) >= 11 is 5.90. The number of hydrogen-bond donors (Lipinski definition) is 1. The Morgan fingerprint density at radius 3 is 2.90 bits per heavy atom. The van der Waals surface area contributed by atoms with Gasteiger partial charge in [0.05, 0.1) is 5.02 Å². The maximum atomic E-state index is 14.8. The first-order valence-electron chi connectivity index (χ1n) is 9.32. The van der Waals surface area contributed by atoms with E-state index >= 15 is 0 Å². The first kappa shape index (κ1) is 19.8. The molecule has 152 valence electrons. The maximum absolute atomic E-state index is 14.8. The molecule has 1 fully saturated rings. The Hall–Kier alpha value is -2.54. The van der Waals surface area contributed by atoms with E-state index in [-0.39, 0.29) is 35.8 Å². The molecule has 0 saturated heterocycles. The number of rotatable bonds is 5. The van der Waals surface area contributed by atoms with Crippen LogP contribution in [-0.4, -0.2) is 29.1 Å². The molecular weight excluding hydrogens is 400 g/mol. The Labute approximate surface area is 171 Å². The van der Waals surface area contributed by atoms with Gasteiger partial charge in [0.2, 0.25) is 0 Å². The van der Waals surface area contributed by atoms with Gasteiger partial charge in [0.15, 0.2) is 5.78 Å². The number of halogens is 3. The lowest BCUT2D eigenvalue weighted by Gasteiger charge is -2.35. The topological polar surface area (TPSA) is 77.6 Å². The Morgan fingerprint density at radius 2 is 2.21 bits per heavy atom. The number of benzene rings is 1. The average Bonchev–Trinajstić information content (AvgIpc) is 3.41. The number of aromatic nitrogens is 1. The van der Waals surface area contributed by atoms with E-state index in [2.05, 4.69) is 9.98 Å². The van der Waals surface area contributed by atoms with Gasteiger partial charge in [-0.15, -0.1) is 0 Å². The first-order valence-corrected chi connectivity index (χ1v) is 9.70. The van der Waals surface area contributed by atoms with Crippen molar-refractivity contribution in [2.24, 2.45) is 16.6 Å². The second kappa shape index (κ2) is 7.06. The molecule has 1 aliphatic carbocycles. The maximum Gasteiger partial charge on any atom is 0.283 e. The lowest BCUT2D eigenvalue weighted by Crippen LogP contribution is -2.44. The SMILES string of the molecule is Cc1cc(Cl)cnc1C(=O)Cc1ccc(F)c([C@@]2(C(C)F)N=C(N)O[C@@H]3C[C@@H]32)c1. The molecule has 1 unspecified atom stereocenters. The van der Waals surface area contributed by atoms with Crippen LogP contribution in [0.25, 0.3) is 0 Å². The number of ether oxygens (including phenoxy) is 1. The van der Waals surface area contributed by atoms with Crippen LogP contribution in [0.5, 0.6) is 0 Å². The number of hydrogen-bond acceptors (Lipinski definition) is 5. The summed E-state index contributed by atoms with van der Waals surface area (Å²) in [5, 5.41) is 0.441. The van der Waals surface area contributed by atoms with Crippen LogP contribution in [0, 0.1) is 18.7 Å². The van der Waals surface area contributed by atoms with Gasteiger partial charge in [0.1, 0.15) is 29.3 Å². The third kappa shape index (κ3) is 3.37. The van der Waals surface area contributed by atoms with E-state index < -0.39 is 17.5 Å². The zero-order chi connectivity index (χ0) is 20.9. The number of ketones is 1. The number of carbonyl (C=O) groups excluding carboxylic acids is 1. The number of alkyl halides is 1. The van der Waals surface area contributed by atoms with Gasteiger partial charge < -0.3 is 10.5 Å². The monoisotopic (exact) mass is 419 g/mol. The van der Waals surface area contributed by atoms with Crippen LogP contribution in [0.2, 0.25) is 5.02 Å². The molecular formula is C21H20ClF2N3O2. The van der Waals surface area contributed by atoms with Gasteiger partial charge in [-0.05, 0) is 49.6 Å². The van der Waals surface area contributed by atoms with Gasteiger partial charge in [-0.3, -0.25) is 9.78 Å². The molecule has 5 nitrogen and oxygen atoms in total. The standard InChI is InChI=1S/C21H20ClF2N3O2/c1-10-5-13(22)9-26-19(10)17(28)7-12-3-4-16(24)14(6-12)21(11(2)23)15-8-18(15)29-20(25)27-21/h3-6,9,11,15,18H,7-8H2,1-2H3,(H2,25,27)/t11?,15-,18+,21+/m0/s1. The lowest BCUT2D eigenvalue weighted by molar-refractivity contribution is 0.0987. The van der Waals surface area contributed by atoms with Crippen molar-refractivity contribution in [3.05, 3.63) is 63.7 Å². The number of amidine groups is 1. The second-order valence-corrected chi connectivity index (χ2v) is 8.06. The smallest absolute Gasteiger partial charge is 0.283 e. The molecule has 8 heteroatoms. The molecule has 2 aromatic rings. The molecule has 4 atom stereocenters. The fraction of sp³-hybridized carbons (Fsp3) is 0.381. The van der Waals surface area contributed by atoms with Gasteiger partial charge in [-0.1, -0.05) is 17.7 Å². The fourth-order valence-electron chi connectivity index (χ4n) is 4.16. The number of Topliss-reactive ketones (excluding diaryl/α,β-unsaturated/α-hetero) is 1. The van der Waals surface area contributed by atoms with Crippen molar-refractivity contribution in [1.29, 1.82) is 0 Å². The molecule has 1 aliphatic heterocycles. The van der Waals surface area contributed by atoms with E-state index in [0.29, 0.717) is 28.3 Å². The average molecular weight is 420 g/mol. The molecule has 2 heterocycles. The molecule has 0 amide bonds. The van der Waals surface area contributed by atoms with Crippen LogP contribution in [0.1, 0.15) is 40.5 Å². The van der Waals surface area contributed by atoms with Crippen molar-refractivity contribution < 1.29 is 18.3 Å². The number of fused-ring (bicyclic) bond motifs is 1. The summed E-state index contributed by atoms with van der Waals surface area (Å²) in [6, 6.07) is 5.77. The van der Waals surface area contributed by atoms with E-state index in [1.165, 1.54) is 31.3 Å². The molecule has 4 rings (SSSR count). The van der Waals surface area contributed by atoms with E-state index in [4.69, 9.17) is 22.1 Å². The molecule has 0 bridgehead atoms. The quantitative estimate of drug-likeness (QED) is 0.746. The van der Waals surface area contributed by atoms with Crippen molar-refractivity contribution in [2.75, 3.05) is 0 Å². The van der Waals surface area contributed by atoms with Crippen molar-refractivity contribution >= 4 is 23.4 Å². The van der Waals surface area contributed by atoms with Crippen molar-refractivity contribution in [2.45, 2.75) is 44.5 Å². The predicted molar refractivity (Wildman–Crippen MR) is 105 cm³/mol. The number of pyridine rings is 1. The van der Waals surface area contributed by atoms with Crippen molar-refractivity contribution in [3.8, 4) is 0 Å². The summed E-state index contributed by atoms with van der Waals surface area (Å²) < 4.78 is 35.0. The van der Waals surface area contributed by atoms with E-state index in [1.54, 1.807) is 13.0 Å². The van der Waals surface area contributed by atoms with Crippen LogP contribution in [0.3, 0.4) is 0 Å². The minimum Gasteiger partial charge on any atom is -0.462 e. The van der Waals surface area contributed by atoms with E-state index in [0.717, 1.165) is 0 Å². The number of nitrogens with two attached hydrogens (primary N) is 1. The number of aryl methyl sites for hydroxylation is 1. The van der Waals surface area contributed by atoms with Crippen LogP contribution in [0.15, 0.2) is 35.5 Å². The molecule has 1 aromatic heterocycles. The fourth-order valence-corrected chi connectivity index (χ4v) is 4.37. The molecule has 1 saturated carbocycles. The Bertz CT molecular complexity index is 1030. The third-order valence-electron chi connectivity index (χ3n) is 5.61. The Morgan fingerprint density at radius 1 is 1.45 bits per heavy atom. The highest BCUT2D eigenvalue weighted by Gasteiger charge is 2.62. The minimum atomic E-state index is -1.49. The van der Waals surface area contributed by atoms with Gasteiger partial charge in [0, 0.05) is 24.1 Å². The summed E-state index contributed by atoms with van der Waals surface area (Å²) in [5.41, 5.74) is 5.87. The third-order valence-corrected chi connectivity index (χ3v) is 5.81. The van der Waals surface area contributed by atoms with Crippen molar-refractivity contribution in [3.63, 3.8) is 0 Å². The highest BCUT2D eigenvalue weighted by Crippen LogP contribution is 2.55. The van der Waals surface area contributed by atoms with E-state index in [9.17, 15) is 13.6 Å². The van der Waals surface area contributed by atoms with Gasteiger partial charge >= 0.3 is 0 Å². The summed E-state index contributed by atoms with van der Waals surface area (Å²) in [6.07, 6.45) is 0.194. The molecule has 29 heavy (non-hydrogen) atoms. The normalized spacial score (nSPS) is 26.2. The Balaban J connectivity index is 1.71. The number of aliphatic imine (C=N–C) groups is 1. The van der Waals surface area contributed by atoms with E-state index in [1.807, 2.05) is 0 Å². The van der Waals surface area contributed by atoms with Crippen LogP contribution >= 0.6 is 11.6 Å². The highest BCUT2D eigenvalue weighted by molar-refractivity contribution is 6.30. The zero-order valence-corrected chi connectivity index (χ0v) is 16.7. The lowest BCUT2D eigenvalue weighted by atomic mass is 9.80. The molecule has 0 radical (unpaired) electrons. The zero-order valence-electron chi connectivity index (χ0n) is 16.0. The minimum absolute atomic E-state index is 0.0106. The van der Waals surface area contributed by atoms with Crippen LogP contribution in [0.4, 0.5) is 8.78 Å². The summed E-state index contributed by atoms with van der Waals surface area (Å²) in [6.45, 7) is 3.09. The van der Waals surface area contributed by atoms with Gasteiger partial charge in [0.25, 0.3) is 6.02 Å². The summed E-state index contributed by atoms with van der Waals surface area (Å²) in [7, 11) is 0. The number of carbonyl (C=O) groups is 1. The van der Waals surface area contributed by atoms with Gasteiger partial charge in [-0.2, -0.15) is 0 Å². The predicted octanol–water partition coefficient (Wildman–Crippen LogP) is 3.89. The number of nitrogens with zero attached hydrogens (tertiary/aromatic N) is 2. The molecule has 2 aliphatic rings.